The van der Waals surface area contributed by atoms with Gasteiger partial charge in [-0.15, -0.1) is 10.2 Å². The van der Waals surface area contributed by atoms with Gasteiger partial charge in [-0.1, -0.05) is 35.5 Å². The molecule has 3 N–H and O–H groups in total. The summed E-state index contributed by atoms with van der Waals surface area (Å²) in [5, 5.41) is 12.1. The van der Waals surface area contributed by atoms with Gasteiger partial charge in [0, 0.05) is 12.1 Å². The van der Waals surface area contributed by atoms with Gasteiger partial charge in [0.25, 0.3) is 5.91 Å². The Morgan fingerprint density at radius 1 is 1.24 bits per heavy atom. The van der Waals surface area contributed by atoms with Gasteiger partial charge < -0.3 is 20.4 Å². The minimum atomic E-state index is -0.609. The monoisotopic (exact) mass is 431 g/mol. The number of benzene rings is 2. The Hall–Kier alpha value is -3.04. The third-order valence-electron chi connectivity index (χ3n) is 4.04. The van der Waals surface area contributed by atoms with Gasteiger partial charge >= 0.3 is 0 Å². The molecule has 2 amide bonds. The van der Waals surface area contributed by atoms with Crippen LogP contribution in [0.4, 0.5) is 5.69 Å². The molecule has 0 aliphatic carbocycles. The number of ether oxygens (including phenoxy) is 1. The lowest BCUT2D eigenvalue weighted by atomic mass is 10.1. The molecular weight excluding hydrogens is 414 g/mol. The van der Waals surface area contributed by atoms with Crippen LogP contribution in [-0.2, 0) is 11.8 Å². The molecule has 2 aromatic carbocycles. The molecule has 0 unspecified atom stereocenters. The van der Waals surface area contributed by atoms with Crippen LogP contribution in [0.1, 0.15) is 10.4 Å². The fourth-order valence-corrected chi connectivity index (χ4v) is 3.54. The summed E-state index contributed by atoms with van der Waals surface area (Å²) < 4.78 is 7.12. The fourth-order valence-electron chi connectivity index (χ4n) is 2.65. The van der Waals surface area contributed by atoms with Crippen molar-refractivity contribution in [2.45, 2.75) is 5.16 Å². The van der Waals surface area contributed by atoms with Crippen LogP contribution in [0.3, 0.4) is 0 Å². The summed E-state index contributed by atoms with van der Waals surface area (Å²) in [5.74, 6) is 0.343. The zero-order valence-electron chi connectivity index (χ0n) is 15.7. The van der Waals surface area contributed by atoms with E-state index >= 15 is 0 Å². The van der Waals surface area contributed by atoms with Gasteiger partial charge in [0.2, 0.25) is 5.91 Å². The van der Waals surface area contributed by atoms with E-state index in [0.717, 1.165) is 0 Å². The summed E-state index contributed by atoms with van der Waals surface area (Å²) in [4.78, 5) is 23.8. The molecule has 0 radical (unpaired) electrons. The predicted octanol–water partition coefficient (Wildman–Crippen LogP) is 2.97. The summed E-state index contributed by atoms with van der Waals surface area (Å²) in [6, 6.07) is 11.8. The number of halogens is 1. The molecule has 150 valence electrons. The largest absolute Gasteiger partial charge is 0.496 e. The second-order valence-electron chi connectivity index (χ2n) is 5.96. The molecule has 0 bridgehead atoms. The van der Waals surface area contributed by atoms with Gasteiger partial charge in [0.1, 0.15) is 5.75 Å². The van der Waals surface area contributed by atoms with Gasteiger partial charge in [0.15, 0.2) is 11.0 Å². The van der Waals surface area contributed by atoms with E-state index in [4.69, 9.17) is 22.1 Å². The number of hydrogen-bond donors (Lipinski definition) is 2. The number of carbonyl (C=O) groups is 2. The minimum Gasteiger partial charge on any atom is -0.496 e. The number of nitrogens with zero attached hydrogens (tertiary/aromatic N) is 3. The third-order valence-corrected chi connectivity index (χ3v) is 5.29. The Labute approximate surface area is 176 Å². The lowest BCUT2D eigenvalue weighted by Gasteiger charge is -2.10. The molecule has 1 heterocycles. The molecule has 0 spiro atoms. The number of amides is 2. The van der Waals surface area contributed by atoms with Crippen LogP contribution >= 0.6 is 23.4 Å². The number of primary amides is 1. The van der Waals surface area contributed by atoms with E-state index in [1.54, 1.807) is 61.2 Å². The van der Waals surface area contributed by atoms with E-state index in [-0.39, 0.29) is 17.2 Å². The van der Waals surface area contributed by atoms with Gasteiger partial charge in [0.05, 0.1) is 29.7 Å². The highest BCUT2D eigenvalue weighted by Crippen LogP contribution is 2.32. The molecule has 3 aromatic rings. The average molecular weight is 432 g/mol. The number of methoxy groups -OCH3 is 1. The zero-order valence-corrected chi connectivity index (χ0v) is 17.3. The van der Waals surface area contributed by atoms with Crippen LogP contribution in [0.5, 0.6) is 5.75 Å². The summed E-state index contributed by atoms with van der Waals surface area (Å²) in [6.45, 7) is 0. The normalized spacial score (nSPS) is 10.6. The van der Waals surface area contributed by atoms with Gasteiger partial charge in [-0.3, -0.25) is 9.59 Å². The minimum absolute atomic E-state index is 0.0751. The maximum atomic E-state index is 12.3. The Morgan fingerprint density at radius 3 is 2.72 bits per heavy atom. The highest BCUT2D eigenvalue weighted by molar-refractivity contribution is 7.99. The summed E-state index contributed by atoms with van der Waals surface area (Å²) in [7, 11) is 3.35. The molecule has 0 saturated heterocycles. The van der Waals surface area contributed by atoms with Crippen molar-refractivity contribution in [3.8, 4) is 17.1 Å². The topological polar surface area (TPSA) is 112 Å². The zero-order chi connectivity index (χ0) is 21.0. The molecule has 8 nitrogen and oxygen atoms in total. The first kappa shape index (κ1) is 20.7. The molecule has 29 heavy (non-hydrogen) atoms. The fraction of sp³-hybridized carbons (Fsp3) is 0.158. The van der Waals surface area contributed by atoms with Gasteiger partial charge in [-0.25, -0.2) is 0 Å². The van der Waals surface area contributed by atoms with E-state index in [9.17, 15) is 9.59 Å². The first-order valence-corrected chi connectivity index (χ1v) is 9.82. The van der Waals surface area contributed by atoms with Crippen LogP contribution in [0, 0.1) is 0 Å². The molecule has 10 heteroatoms. The Balaban J connectivity index is 1.72. The van der Waals surface area contributed by atoms with Crippen LogP contribution in [0.25, 0.3) is 11.4 Å². The number of aromatic nitrogens is 3. The van der Waals surface area contributed by atoms with Gasteiger partial charge in [-0.2, -0.15) is 0 Å². The maximum absolute atomic E-state index is 12.3. The first-order valence-electron chi connectivity index (χ1n) is 8.45. The van der Waals surface area contributed by atoms with Crippen molar-refractivity contribution < 1.29 is 14.3 Å². The number of nitrogens with one attached hydrogen (secondary N) is 1. The van der Waals surface area contributed by atoms with Crippen molar-refractivity contribution in [1.29, 1.82) is 0 Å². The van der Waals surface area contributed by atoms with E-state index in [1.165, 1.54) is 11.8 Å². The maximum Gasteiger partial charge on any atom is 0.250 e. The second kappa shape index (κ2) is 8.97. The molecular formula is C19H18ClN5O3S. The Kier molecular flexibility index (Phi) is 6.40. The lowest BCUT2D eigenvalue weighted by Crippen LogP contribution is -2.19. The van der Waals surface area contributed by atoms with Crippen molar-refractivity contribution in [3.05, 3.63) is 53.1 Å². The predicted molar refractivity (Wildman–Crippen MR) is 112 cm³/mol. The first-order chi connectivity index (χ1) is 13.9. The average Bonchev–Trinajstić information content (AvgIpc) is 3.07. The Morgan fingerprint density at radius 2 is 2.00 bits per heavy atom. The van der Waals surface area contributed by atoms with E-state index in [1.807, 2.05) is 0 Å². The smallest absolute Gasteiger partial charge is 0.250 e. The van der Waals surface area contributed by atoms with Crippen molar-refractivity contribution in [1.82, 2.24) is 14.8 Å². The highest BCUT2D eigenvalue weighted by Gasteiger charge is 2.17. The number of hydrogen-bond acceptors (Lipinski definition) is 6. The van der Waals surface area contributed by atoms with E-state index in [0.29, 0.717) is 33.0 Å². The van der Waals surface area contributed by atoms with Crippen LogP contribution < -0.4 is 15.8 Å². The molecule has 1 aromatic heterocycles. The number of carbonyl (C=O) groups excluding carboxylic acids is 2. The van der Waals surface area contributed by atoms with Crippen molar-refractivity contribution in [2.75, 3.05) is 18.2 Å². The molecule has 0 fully saturated rings. The summed E-state index contributed by atoms with van der Waals surface area (Å²) in [6.07, 6.45) is 0. The van der Waals surface area contributed by atoms with Crippen LogP contribution in [-0.4, -0.2) is 39.4 Å². The molecule has 3 rings (SSSR count). The molecule has 0 aliphatic heterocycles. The SMILES string of the molecule is COc1ccc(Cl)cc1-c1nnc(SCC(=O)Nc2ccccc2C(N)=O)n1C. The Bertz CT molecular complexity index is 1070. The second-order valence-corrected chi connectivity index (χ2v) is 7.34. The highest BCUT2D eigenvalue weighted by atomic mass is 35.5. The standard InChI is InChI=1S/C19H18ClN5O3S/c1-25-18(13-9-11(20)7-8-15(13)28-2)23-24-19(25)29-10-16(26)22-14-6-4-3-5-12(14)17(21)27/h3-9H,10H2,1-2H3,(H2,21,27)(H,22,26). The summed E-state index contributed by atoms with van der Waals surface area (Å²) >= 11 is 7.30. The van der Waals surface area contributed by atoms with E-state index < -0.39 is 5.91 Å². The number of thioether (sulfide) groups is 1. The third kappa shape index (κ3) is 4.69. The quantitative estimate of drug-likeness (QED) is 0.556. The number of rotatable bonds is 7. The summed E-state index contributed by atoms with van der Waals surface area (Å²) in [5.41, 5.74) is 6.65. The molecule has 0 aliphatic rings. The number of anilines is 1. The molecule has 0 saturated carbocycles. The molecule has 0 atom stereocenters. The van der Waals surface area contributed by atoms with Crippen molar-refractivity contribution in [2.24, 2.45) is 12.8 Å². The number of nitrogens with two attached hydrogens (primary N) is 1. The van der Waals surface area contributed by atoms with Gasteiger partial charge in [-0.05, 0) is 30.3 Å². The van der Waals surface area contributed by atoms with Crippen LogP contribution in [0.2, 0.25) is 5.02 Å². The van der Waals surface area contributed by atoms with E-state index in [2.05, 4.69) is 15.5 Å². The number of para-hydroxylation sites is 1. The van der Waals surface area contributed by atoms with Crippen molar-refractivity contribution in [3.63, 3.8) is 0 Å². The van der Waals surface area contributed by atoms with Crippen molar-refractivity contribution >= 4 is 40.9 Å². The lowest BCUT2D eigenvalue weighted by molar-refractivity contribution is -0.113. The van der Waals surface area contributed by atoms with Crippen LogP contribution in [0.15, 0.2) is 47.6 Å².